The summed E-state index contributed by atoms with van der Waals surface area (Å²) < 4.78 is 21.3. The fourth-order valence-electron chi connectivity index (χ4n) is 3.71. The van der Waals surface area contributed by atoms with Gasteiger partial charge in [0.2, 0.25) is 0 Å². The SMILES string of the molecule is CCOC(=O)OC1=C(c2cc(OC)ccc2OC)C(=O)NC12CCN(OC)CC2. The van der Waals surface area contributed by atoms with Gasteiger partial charge in [-0.15, -0.1) is 0 Å². The zero-order chi connectivity index (χ0) is 21.0. The number of methoxy groups -OCH3 is 2. The van der Waals surface area contributed by atoms with E-state index in [1.54, 1.807) is 37.3 Å². The minimum Gasteiger partial charge on any atom is -0.497 e. The average molecular weight is 406 g/mol. The lowest BCUT2D eigenvalue weighted by Gasteiger charge is -2.38. The third-order valence-electron chi connectivity index (χ3n) is 5.20. The molecular weight excluding hydrogens is 380 g/mol. The van der Waals surface area contributed by atoms with Crippen LogP contribution in [0.1, 0.15) is 25.3 Å². The largest absolute Gasteiger partial charge is 0.513 e. The fourth-order valence-corrected chi connectivity index (χ4v) is 3.71. The highest BCUT2D eigenvalue weighted by Gasteiger charge is 2.50. The van der Waals surface area contributed by atoms with Crippen molar-refractivity contribution in [2.24, 2.45) is 0 Å². The summed E-state index contributed by atoms with van der Waals surface area (Å²) in [4.78, 5) is 30.6. The Kier molecular flexibility index (Phi) is 6.29. The molecule has 0 aromatic heterocycles. The molecule has 9 nitrogen and oxygen atoms in total. The Morgan fingerprint density at radius 1 is 1.17 bits per heavy atom. The number of hydrogen-bond donors (Lipinski definition) is 1. The van der Waals surface area contributed by atoms with Crippen LogP contribution < -0.4 is 14.8 Å². The van der Waals surface area contributed by atoms with Crippen molar-refractivity contribution >= 4 is 17.6 Å². The molecule has 1 N–H and O–H groups in total. The van der Waals surface area contributed by atoms with E-state index in [0.717, 1.165) is 0 Å². The summed E-state index contributed by atoms with van der Waals surface area (Å²) in [5.41, 5.74) is -0.114. The molecule has 1 aromatic rings. The molecule has 0 unspecified atom stereocenters. The first-order chi connectivity index (χ1) is 14.0. The van der Waals surface area contributed by atoms with Crippen molar-refractivity contribution in [3.05, 3.63) is 29.5 Å². The predicted molar refractivity (Wildman–Crippen MR) is 103 cm³/mol. The van der Waals surface area contributed by atoms with Gasteiger partial charge in [0.05, 0.1) is 33.5 Å². The Labute approximate surface area is 169 Å². The molecule has 0 saturated carbocycles. The zero-order valence-corrected chi connectivity index (χ0v) is 17.1. The summed E-state index contributed by atoms with van der Waals surface area (Å²) in [6.07, 6.45) is 0.167. The molecule has 2 heterocycles. The van der Waals surface area contributed by atoms with E-state index >= 15 is 0 Å². The van der Waals surface area contributed by atoms with E-state index in [1.165, 1.54) is 14.2 Å². The number of ether oxygens (including phenoxy) is 4. The van der Waals surface area contributed by atoms with Gasteiger partial charge in [-0.2, -0.15) is 5.06 Å². The van der Waals surface area contributed by atoms with E-state index in [0.29, 0.717) is 43.0 Å². The highest BCUT2D eigenvalue weighted by Crippen LogP contribution is 2.43. The monoisotopic (exact) mass is 406 g/mol. The molecule has 0 aliphatic carbocycles. The first kappa shape index (κ1) is 20.9. The first-order valence-electron chi connectivity index (χ1n) is 9.41. The number of nitrogens with one attached hydrogen (secondary N) is 1. The fraction of sp³-hybridized carbons (Fsp3) is 0.500. The second-order valence-corrected chi connectivity index (χ2v) is 6.70. The van der Waals surface area contributed by atoms with Crippen molar-refractivity contribution < 1.29 is 33.4 Å². The number of carbonyl (C=O) groups is 2. The number of carbonyl (C=O) groups excluding carboxylic acids is 2. The van der Waals surface area contributed by atoms with Crippen molar-refractivity contribution in [3.8, 4) is 11.5 Å². The molecular formula is C20H26N2O7. The van der Waals surface area contributed by atoms with Crippen LogP contribution in [0.2, 0.25) is 0 Å². The van der Waals surface area contributed by atoms with Crippen molar-refractivity contribution in [2.75, 3.05) is 41.0 Å². The normalized spacial score (nSPS) is 18.6. The van der Waals surface area contributed by atoms with E-state index in [-0.39, 0.29) is 23.8 Å². The smallest absolute Gasteiger partial charge is 0.497 e. The highest BCUT2D eigenvalue weighted by molar-refractivity contribution is 6.24. The summed E-state index contributed by atoms with van der Waals surface area (Å²) in [5, 5.41) is 4.82. The molecule has 0 bridgehead atoms. The lowest BCUT2D eigenvalue weighted by molar-refractivity contribution is -0.152. The molecule has 1 aromatic carbocycles. The van der Waals surface area contributed by atoms with Crippen LogP contribution in [0.25, 0.3) is 5.57 Å². The molecule has 9 heteroatoms. The van der Waals surface area contributed by atoms with E-state index in [2.05, 4.69) is 5.32 Å². The number of hydrogen-bond acceptors (Lipinski definition) is 8. The van der Waals surface area contributed by atoms with Gasteiger partial charge in [0, 0.05) is 18.7 Å². The molecule has 1 amide bonds. The van der Waals surface area contributed by atoms with Crippen LogP contribution in [0, 0.1) is 0 Å². The van der Waals surface area contributed by atoms with Crippen molar-refractivity contribution in [1.82, 2.24) is 10.4 Å². The number of hydroxylamine groups is 2. The molecule has 158 valence electrons. The summed E-state index contributed by atoms with van der Waals surface area (Å²) in [6.45, 7) is 2.98. The van der Waals surface area contributed by atoms with Crippen molar-refractivity contribution in [2.45, 2.75) is 25.3 Å². The van der Waals surface area contributed by atoms with Crippen LogP contribution in [0.4, 0.5) is 4.79 Å². The number of benzene rings is 1. The number of piperidine rings is 1. The Bertz CT molecular complexity index is 813. The third-order valence-corrected chi connectivity index (χ3v) is 5.20. The second kappa shape index (κ2) is 8.71. The molecule has 1 spiro atoms. The lowest BCUT2D eigenvalue weighted by Crippen LogP contribution is -2.53. The standard InChI is InChI=1S/C20H26N2O7/c1-5-28-19(24)29-17-16(14-12-13(25-2)6-7-15(14)26-3)18(23)21-20(17)8-10-22(27-4)11-9-20/h6-7,12H,5,8-11H2,1-4H3,(H,21,23). The van der Waals surface area contributed by atoms with Crippen LogP contribution in [-0.4, -0.2) is 63.7 Å². The van der Waals surface area contributed by atoms with E-state index in [9.17, 15) is 9.59 Å². The Balaban J connectivity index is 2.12. The molecule has 3 rings (SSSR count). The van der Waals surface area contributed by atoms with E-state index in [4.69, 9.17) is 23.8 Å². The Morgan fingerprint density at radius 2 is 1.90 bits per heavy atom. The van der Waals surface area contributed by atoms with Crippen LogP contribution in [0.5, 0.6) is 11.5 Å². The molecule has 1 saturated heterocycles. The third kappa shape index (κ3) is 4.01. The van der Waals surface area contributed by atoms with E-state index < -0.39 is 11.7 Å². The van der Waals surface area contributed by atoms with Gasteiger partial charge >= 0.3 is 6.16 Å². The van der Waals surface area contributed by atoms with Crippen molar-refractivity contribution in [1.29, 1.82) is 0 Å². The number of rotatable bonds is 6. The molecule has 1 fully saturated rings. The Hall–Kier alpha value is -2.78. The van der Waals surface area contributed by atoms with Gasteiger partial charge in [-0.3, -0.25) is 4.79 Å². The van der Waals surface area contributed by atoms with Crippen LogP contribution in [0.15, 0.2) is 24.0 Å². The van der Waals surface area contributed by atoms with Gasteiger partial charge < -0.3 is 29.1 Å². The van der Waals surface area contributed by atoms with Gasteiger partial charge in [0.25, 0.3) is 5.91 Å². The van der Waals surface area contributed by atoms with Gasteiger partial charge in [-0.05, 0) is 38.0 Å². The van der Waals surface area contributed by atoms with Crippen LogP contribution in [-0.2, 0) is 19.1 Å². The summed E-state index contributed by atoms with van der Waals surface area (Å²) in [5.74, 6) is 0.906. The number of nitrogens with zero attached hydrogens (tertiary/aromatic N) is 1. The van der Waals surface area contributed by atoms with Gasteiger partial charge in [0.1, 0.15) is 17.0 Å². The summed E-state index contributed by atoms with van der Waals surface area (Å²) in [7, 11) is 4.65. The maximum atomic E-state index is 13.1. The second-order valence-electron chi connectivity index (χ2n) is 6.70. The minimum absolute atomic E-state index is 0.162. The molecule has 2 aliphatic heterocycles. The minimum atomic E-state index is -0.855. The summed E-state index contributed by atoms with van der Waals surface area (Å²) >= 11 is 0. The Morgan fingerprint density at radius 3 is 2.48 bits per heavy atom. The van der Waals surface area contributed by atoms with Gasteiger partial charge in [-0.1, -0.05) is 0 Å². The van der Waals surface area contributed by atoms with E-state index in [1.807, 2.05) is 0 Å². The maximum absolute atomic E-state index is 13.1. The van der Waals surface area contributed by atoms with Crippen LogP contribution in [0.3, 0.4) is 0 Å². The predicted octanol–water partition coefficient (Wildman–Crippen LogP) is 2.11. The first-order valence-corrected chi connectivity index (χ1v) is 9.41. The zero-order valence-electron chi connectivity index (χ0n) is 17.1. The molecule has 0 atom stereocenters. The average Bonchev–Trinajstić information content (AvgIpc) is 2.98. The van der Waals surface area contributed by atoms with Gasteiger partial charge in [0.15, 0.2) is 5.76 Å². The highest BCUT2D eigenvalue weighted by atomic mass is 16.7. The topological polar surface area (TPSA) is 95.6 Å². The lowest BCUT2D eigenvalue weighted by atomic mass is 9.86. The van der Waals surface area contributed by atoms with Gasteiger partial charge in [-0.25, -0.2) is 4.79 Å². The quantitative estimate of drug-likeness (QED) is 0.718. The number of amides is 1. The molecule has 29 heavy (non-hydrogen) atoms. The van der Waals surface area contributed by atoms with Crippen molar-refractivity contribution in [3.63, 3.8) is 0 Å². The molecule has 0 radical (unpaired) electrons. The maximum Gasteiger partial charge on any atom is 0.513 e. The summed E-state index contributed by atoms with van der Waals surface area (Å²) in [6, 6.07) is 5.12. The molecule has 2 aliphatic rings. The van der Waals surface area contributed by atoms with Crippen LogP contribution >= 0.6 is 0 Å².